The summed E-state index contributed by atoms with van der Waals surface area (Å²) in [6.07, 6.45) is 0. The van der Waals surface area contributed by atoms with E-state index in [4.69, 9.17) is 21.7 Å². The quantitative estimate of drug-likeness (QED) is 0.577. The lowest BCUT2D eigenvalue weighted by Gasteiger charge is -2.15. The first-order valence-electron chi connectivity index (χ1n) is 9.77. The van der Waals surface area contributed by atoms with Gasteiger partial charge in [0.1, 0.15) is 12.4 Å². The summed E-state index contributed by atoms with van der Waals surface area (Å²) in [7, 11) is 3.79. The van der Waals surface area contributed by atoms with Crippen LogP contribution in [0.5, 0.6) is 11.5 Å². The van der Waals surface area contributed by atoms with Crippen LogP contribution in [0.3, 0.4) is 0 Å². The summed E-state index contributed by atoms with van der Waals surface area (Å²) in [4.78, 5) is 1.26. The second-order valence-corrected chi connectivity index (χ2v) is 7.58. The van der Waals surface area contributed by atoms with Gasteiger partial charge in [-0.1, -0.05) is 17.7 Å². The molecule has 1 N–H and O–H groups in total. The van der Waals surface area contributed by atoms with E-state index < -0.39 is 0 Å². The maximum absolute atomic E-state index is 5.71. The molecule has 0 bridgehead atoms. The van der Waals surface area contributed by atoms with Crippen LogP contribution in [0, 0.1) is 18.6 Å². The van der Waals surface area contributed by atoms with E-state index in [1.54, 1.807) is 7.11 Å². The number of rotatable bonds is 8. The fraction of sp³-hybridized carbons (Fsp3) is 0.364. The highest BCUT2D eigenvalue weighted by Crippen LogP contribution is 2.27. The van der Waals surface area contributed by atoms with E-state index in [0.717, 1.165) is 29.6 Å². The number of methoxy groups -OCH3 is 1. The average molecular weight is 414 g/mol. The zero-order valence-electron chi connectivity index (χ0n) is 17.7. The number of nitrogens with zero attached hydrogens (tertiary/aromatic N) is 3. The van der Waals surface area contributed by atoms with Crippen molar-refractivity contribution in [2.75, 3.05) is 20.8 Å². The Morgan fingerprint density at radius 3 is 2.45 bits per heavy atom. The SMILES string of the molecule is CCOc1ccc(C[NH+](C)Cn2nc(C)n(-c3ccc(C)cc3)c2=S)cc1OC. The van der Waals surface area contributed by atoms with Crippen LogP contribution in [0.25, 0.3) is 5.69 Å². The summed E-state index contributed by atoms with van der Waals surface area (Å²) in [6, 6.07) is 14.4. The standard InChI is InChI=1S/C22H28N4O2S/c1-6-28-20-12-9-18(13-21(20)27-5)14-24(4)15-25-22(29)26(17(3)23-25)19-10-7-16(2)8-11-19/h7-13H,6,14-15H2,1-5H3/p+1. The van der Waals surface area contributed by atoms with Gasteiger partial charge < -0.3 is 14.4 Å². The van der Waals surface area contributed by atoms with Gasteiger partial charge in [-0.05, 0) is 63.3 Å². The largest absolute Gasteiger partial charge is 0.493 e. The third-order valence-electron chi connectivity index (χ3n) is 4.75. The van der Waals surface area contributed by atoms with Crippen molar-refractivity contribution < 1.29 is 14.4 Å². The van der Waals surface area contributed by atoms with Crippen LogP contribution in [-0.2, 0) is 13.2 Å². The molecular weight excluding hydrogens is 384 g/mol. The molecule has 0 saturated carbocycles. The molecule has 0 amide bonds. The van der Waals surface area contributed by atoms with Crippen molar-refractivity contribution in [1.29, 1.82) is 0 Å². The van der Waals surface area contributed by atoms with Crippen molar-refractivity contribution in [3.05, 3.63) is 64.2 Å². The minimum Gasteiger partial charge on any atom is -0.493 e. The van der Waals surface area contributed by atoms with Gasteiger partial charge in [-0.2, -0.15) is 9.78 Å². The monoisotopic (exact) mass is 413 g/mol. The molecule has 0 saturated heterocycles. The van der Waals surface area contributed by atoms with Crippen LogP contribution in [0.4, 0.5) is 0 Å². The van der Waals surface area contributed by atoms with E-state index in [-0.39, 0.29) is 0 Å². The molecule has 0 aliphatic rings. The lowest BCUT2D eigenvalue weighted by Crippen LogP contribution is -3.07. The van der Waals surface area contributed by atoms with Gasteiger partial charge in [-0.3, -0.25) is 4.57 Å². The summed E-state index contributed by atoms with van der Waals surface area (Å²) < 4.78 is 15.7. The highest BCUT2D eigenvalue weighted by Gasteiger charge is 2.14. The lowest BCUT2D eigenvalue weighted by molar-refractivity contribution is -0.917. The Morgan fingerprint density at radius 1 is 1.07 bits per heavy atom. The van der Waals surface area contributed by atoms with E-state index in [1.807, 2.05) is 35.2 Å². The maximum Gasteiger partial charge on any atom is 0.207 e. The number of quaternary nitrogens is 1. The van der Waals surface area contributed by atoms with Gasteiger partial charge >= 0.3 is 0 Å². The Kier molecular flexibility index (Phi) is 6.71. The molecule has 3 rings (SSSR count). The Bertz CT molecular complexity index is 1020. The zero-order chi connectivity index (χ0) is 21.0. The minimum absolute atomic E-state index is 0.613. The summed E-state index contributed by atoms with van der Waals surface area (Å²) in [5.74, 6) is 2.41. The van der Waals surface area contributed by atoms with Gasteiger partial charge in [0.25, 0.3) is 0 Å². The molecule has 154 valence electrons. The van der Waals surface area contributed by atoms with E-state index in [9.17, 15) is 0 Å². The molecule has 0 radical (unpaired) electrons. The summed E-state index contributed by atoms with van der Waals surface area (Å²) in [5.41, 5.74) is 3.43. The number of benzene rings is 2. The predicted octanol–water partition coefficient (Wildman–Crippen LogP) is 3.10. The minimum atomic E-state index is 0.613. The Morgan fingerprint density at radius 2 is 1.79 bits per heavy atom. The third kappa shape index (κ3) is 4.86. The third-order valence-corrected chi connectivity index (χ3v) is 5.14. The fourth-order valence-corrected chi connectivity index (χ4v) is 3.71. The molecule has 7 heteroatoms. The zero-order valence-corrected chi connectivity index (χ0v) is 18.5. The summed E-state index contributed by atoms with van der Waals surface area (Å²) in [5, 5.41) is 4.67. The van der Waals surface area contributed by atoms with Gasteiger partial charge in [0.2, 0.25) is 4.77 Å². The second kappa shape index (κ2) is 9.24. The van der Waals surface area contributed by atoms with E-state index in [0.29, 0.717) is 18.0 Å². The van der Waals surface area contributed by atoms with Crippen LogP contribution < -0.4 is 14.4 Å². The van der Waals surface area contributed by atoms with Crippen molar-refractivity contribution in [3.63, 3.8) is 0 Å². The molecule has 1 aromatic heterocycles. The number of hydrogen-bond donors (Lipinski definition) is 1. The highest BCUT2D eigenvalue weighted by atomic mass is 32.1. The topological polar surface area (TPSA) is 45.7 Å². The molecule has 2 aromatic carbocycles. The van der Waals surface area contributed by atoms with E-state index in [2.05, 4.69) is 49.4 Å². The van der Waals surface area contributed by atoms with Crippen molar-refractivity contribution in [2.24, 2.45) is 0 Å². The lowest BCUT2D eigenvalue weighted by atomic mass is 10.2. The maximum atomic E-state index is 5.71. The van der Waals surface area contributed by atoms with Crippen LogP contribution >= 0.6 is 12.2 Å². The molecule has 1 heterocycles. The summed E-state index contributed by atoms with van der Waals surface area (Å²) >= 11 is 5.71. The number of aromatic nitrogens is 3. The van der Waals surface area contributed by atoms with Crippen molar-refractivity contribution in [3.8, 4) is 17.2 Å². The van der Waals surface area contributed by atoms with Crippen LogP contribution in [-0.4, -0.2) is 35.1 Å². The van der Waals surface area contributed by atoms with Gasteiger partial charge in [0.05, 0.1) is 20.8 Å². The Hall–Kier alpha value is -2.64. The molecule has 3 aromatic rings. The van der Waals surface area contributed by atoms with Crippen LogP contribution in [0.15, 0.2) is 42.5 Å². The second-order valence-electron chi connectivity index (χ2n) is 7.21. The molecule has 0 fully saturated rings. The number of nitrogens with one attached hydrogen (secondary N) is 1. The smallest absolute Gasteiger partial charge is 0.207 e. The summed E-state index contributed by atoms with van der Waals surface area (Å²) in [6.45, 7) is 8.14. The molecule has 0 spiro atoms. The van der Waals surface area contributed by atoms with Gasteiger partial charge in [-0.15, -0.1) is 0 Å². The first-order chi connectivity index (χ1) is 13.9. The van der Waals surface area contributed by atoms with Crippen LogP contribution in [0.1, 0.15) is 23.9 Å². The first-order valence-corrected chi connectivity index (χ1v) is 10.2. The van der Waals surface area contributed by atoms with Crippen molar-refractivity contribution in [2.45, 2.75) is 34.0 Å². The van der Waals surface area contributed by atoms with E-state index >= 15 is 0 Å². The normalized spacial score (nSPS) is 12.0. The van der Waals surface area contributed by atoms with E-state index in [1.165, 1.54) is 16.0 Å². The number of aryl methyl sites for hydroxylation is 2. The molecule has 1 unspecified atom stereocenters. The molecule has 29 heavy (non-hydrogen) atoms. The number of hydrogen-bond acceptors (Lipinski definition) is 4. The predicted molar refractivity (Wildman–Crippen MR) is 117 cm³/mol. The van der Waals surface area contributed by atoms with Crippen LogP contribution in [0.2, 0.25) is 0 Å². The molecular formula is C22H29N4O2S+. The Labute approximate surface area is 177 Å². The molecule has 0 aliphatic carbocycles. The van der Waals surface area contributed by atoms with Gasteiger partial charge in [0.15, 0.2) is 18.2 Å². The van der Waals surface area contributed by atoms with Gasteiger partial charge in [0, 0.05) is 11.3 Å². The molecule has 0 aliphatic heterocycles. The number of ether oxygens (including phenoxy) is 2. The molecule has 1 atom stereocenters. The Balaban J connectivity index is 1.76. The first kappa shape index (κ1) is 21.1. The highest BCUT2D eigenvalue weighted by molar-refractivity contribution is 7.71. The van der Waals surface area contributed by atoms with Crippen molar-refractivity contribution in [1.82, 2.24) is 14.3 Å². The van der Waals surface area contributed by atoms with Crippen molar-refractivity contribution >= 4 is 12.2 Å². The fourth-order valence-electron chi connectivity index (χ4n) is 3.37. The molecule has 6 nitrogen and oxygen atoms in total. The average Bonchev–Trinajstić information content (AvgIpc) is 2.97. The van der Waals surface area contributed by atoms with Gasteiger partial charge in [-0.25, -0.2) is 0 Å².